The number of thiophene rings is 1. The minimum absolute atomic E-state index is 0. The smallest absolute Gasteiger partial charge is 0.0798 e. The number of aryl methyl sites for hydroxylation is 1. The van der Waals surface area contributed by atoms with Crippen LogP contribution in [0, 0.1) is 25.0 Å². The molecule has 1 fully saturated rings. The average molecular weight is 854 g/mol. The number of hydrogen-bond donors (Lipinski definition) is 0. The van der Waals surface area contributed by atoms with Gasteiger partial charge in [-0.3, -0.25) is 0 Å². The Kier molecular flexibility index (Phi) is 10.5. The zero-order chi connectivity index (χ0) is 34.2. The van der Waals surface area contributed by atoms with Crippen LogP contribution in [0.1, 0.15) is 57.4 Å². The van der Waals surface area contributed by atoms with Crippen LogP contribution in [0.2, 0.25) is 19.6 Å². The fraction of sp³-hybridized carbons (Fsp3) is 0.273. The van der Waals surface area contributed by atoms with Crippen LogP contribution in [0.4, 0.5) is 0 Å². The van der Waals surface area contributed by atoms with Crippen LogP contribution >= 0.6 is 11.3 Å². The summed E-state index contributed by atoms with van der Waals surface area (Å²) in [5.41, 5.74) is 6.49. The summed E-state index contributed by atoms with van der Waals surface area (Å²) in [5, 5.41) is 6.54. The van der Waals surface area contributed by atoms with Gasteiger partial charge >= 0.3 is 0 Å². The minimum atomic E-state index is -1.27. The molecule has 0 aliphatic heterocycles. The maximum atomic E-state index is 9.22. The van der Waals surface area contributed by atoms with Crippen molar-refractivity contribution in [1.82, 2.24) is 9.97 Å². The molecule has 2 nitrogen and oxygen atoms in total. The Labute approximate surface area is 311 Å². The van der Waals surface area contributed by atoms with Gasteiger partial charge in [0.15, 0.2) is 0 Å². The second-order valence-electron chi connectivity index (χ2n) is 14.3. The van der Waals surface area contributed by atoms with E-state index in [1.54, 1.807) is 0 Å². The van der Waals surface area contributed by atoms with Gasteiger partial charge in [0, 0.05) is 38.6 Å². The second kappa shape index (κ2) is 15.2. The largest absolute Gasteiger partial charge is 0.305 e. The van der Waals surface area contributed by atoms with Gasteiger partial charge in [0.1, 0.15) is 0 Å². The molecule has 0 spiro atoms. The number of benzene rings is 4. The van der Waals surface area contributed by atoms with Gasteiger partial charge in [-0.1, -0.05) is 98.7 Å². The fourth-order valence-corrected chi connectivity index (χ4v) is 10.2. The molecule has 5 heteroatoms. The predicted octanol–water partition coefficient (Wildman–Crippen LogP) is 12.2. The van der Waals surface area contributed by atoms with E-state index in [0.29, 0.717) is 5.92 Å². The topological polar surface area (TPSA) is 25.8 Å². The number of aromatic nitrogens is 2. The first kappa shape index (κ1) is 34.0. The molecule has 0 saturated heterocycles. The van der Waals surface area contributed by atoms with E-state index in [4.69, 9.17) is 4.98 Å². The zero-order valence-electron chi connectivity index (χ0n) is 30.1. The van der Waals surface area contributed by atoms with E-state index in [0.717, 1.165) is 40.9 Å². The van der Waals surface area contributed by atoms with Crippen molar-refractivity contribution in [3.8, 4) is 22.5 Å². The van der Waals surface area contributed by atoms with Gasteiger partial charge in [-0.25, -0.2) is 0 Å². The number of fused-ring (bicyclic) bond motifs is 4. The fourth-order valence-electron chi connectivity index (χ4n) is 7.24. The van der Waals surface area contributed by atoms with Crippen molar-refractivity contribution in [2.75, 3.05) is 0 Å². The van der Waals surface area contributed by atoms with Gasteiger partial charge in [-0.05, 0) is 87.2 Å². The molecule has 1 saturated carbocycles. The average Bonchev–Trinajstić information content (AvgIpc) is 3.48. The summed E-state index contributed by atoms with van der Waals surface area (Å²) >= 11 is 1.82. The first-order chi connectivity index (χ1) is 23.6. The summed E-state index contributed by atoms with van der Waals surface area (Å²) in [6.45, 7) is 11.3. The van der Waals surface area contributed by atoms with E-state index in [-0.39, 0.29) is 20.1 Å². The molecule has 1 unspecified atom stereocenters. The number of hydrogen-bond acceptors (Lipinski definition) is 3. The summed E-state index contributed by atoms with van der Waals surface area (Å²) in [6.07, 6.45) is 10.1. The van der Waals surface area contributed by atoms with Crippen molar-refractivity contribution in [3.05, 3.63) is 127 Å². The van der Waals surface area contributed by atoms with Crippen LogP contribution in [0.5, 0.6) is 0 Å². The molecule has 49 heavy (non-hydrogen) atoms. The van der Waals surface area contributed by atoms with Crippen LogP contribution in [-0.4, -0.2) is 18.0 Å². The molecule has 0 N–H and O–H groups in total. The van der Waals surface area contributed by atoms with Gasteiger partial charge in [0.2, 0.25) is 0 Å². The molecule has 3 heterocycles. The number of rotatable bonds is 5. The van der Waals surface area contributed by atoms with Crippen molar-refractivity contribution < 1.29 is 21.5 Å². The standard InChI is InChI=1S/C29H26NS.C15H18NSi.Ir/c1-19(20-8-3-2-4-9-20)21-14-15-30-27(17-21)25-13-7-12-24-26-16-22-10-5-6-11-23(22)18-28(26)31-29(24)25;1-12-10-14(13-8-6-5-7-9-13)16-11-15(12)17(2,3)4;/h5-7,10-12,14-20H,2-4,8-9H2,1H3;5-8,10-11H,1-4H3;/q2*-1;/i19D;;. The van der Waals surface area contributed by atoms with Gasteiger partial charge < -0.3 is 9.97 Å². The summed E-state index contributed by atoms with van der Waals surface area (Å²) in [5.74, 6) is -0.160. The van der Waals surface area contributed by atoms with Crippen LogP contribution in [-0.2, 0) is 20.1 Å². The Morgan fingerprint density at radius 1 is 0.816 bits per heavy atom. The van der Waals surface area contributed by atoms with Gasteiger partial charge in [0.05, 0.1) is 8.07 Å². The molecule has 1 radical (unpaired) electrons. The Balaban J connectivity index is 0.000000204. The van der Waals surface area contributed by atoms with Crippen molar-refractivity contribution in [3.63, 3.8) is 0 Å². The van der Waals surface area contributed by atoms with E-state index in [1.807, 2.05) is 47.9 Å². The van der Waals surface area contributed by atoms with Crippen LogP contribution in [0.25, 0.3) is 53.5 Å². The monoisotopic (exact) mass is 854 g/mol. The normalized spacial score (nSPS) is 15.2. The first-order valence-corrected chi connectivity index (χ1v) is 21.6. The van der Waals surface area contributed by atoms with Crippen molar-refractivity contribution >= 4 is 55.5 Å². The third-order valence-electron chi connectivity index (χ3n) is 9.89. The van der Waals surface area contributed by atoms with E-state index >= 15 is 0 Å². The Bertz CT molecular complexity index is 2250. The Morgan fingerprint density at radius 2 is 1.57 bits per heavy atom. The van der Waals surface area contributed by atoms with E-state index in [9.17, 15) is 1.37 Å². The summed E-state index contributed by atoms with van der Waals surface area (Å²) in [4.78, 5) is 9.32. The molecule has 7 aromatic rings. The van der Waals surface area contributed by atoms with Crippen LogP contribution in [0.15, 0.2) is 103 Å². The molecule has 0 amide bonds. The summed E-state index contributed by atoms with van der Waals surface area (Å²) in [7, 11) is -1.27. The maximum Gasteiger partial charge on any atom is 0.0798 e. The molecule has 251 valence electrons. The summed E-state index contributed by atoms with van der Waals surface area (Å²) < 4.78 is 11.7. The zero-order valence-corrected chi connectivity index (χ0v) is 33.3. The van der Waals surface area contributed by atoms with Crippen molar-refractivity contribution in [2.24, 2.45) is 5.92 Å². The first-order valence-electron chi connectivity index (χ1n) is 17.8. The van der Waals surface area contributed by atoms with Gasteiger partial charge in [-0.2, -0.15) is 11.3 Å². The molecule has 4 aromatic carbocycles. The van der Waals surface area contributed by atoms with Gasteiger partial charge in [0.25, 0.3) is 0 Å². The minimum Gasteiger partial charge on any atom is -0.305 e. The van der Waals surface area contributed by atoms with E-state index in [2.05, 4.69) is 117 Å². The Hall–Kier alpha value is -3.47. The van der Waals surface area contributed by atoms with Crippen LogP contribution < -0.4 is 5.19 Å². The SMILES string of the molecule is Cc1cc(-c2[c-]cccc2)ncc1[Si](C)(C)C.[2H]C(C)(c1ccnc(-c2[c-]ccc3c2sc2cc4ccccc4cc23)c1)C1CCCCC1.[Ir]. The third kappa shape index (κ3) is 7.66. The molecule has 1 aliphatic carbocycles. The molecular formula is C44H44IrN2SSi-2. The molecule has 3 aromatic heterocycles. The number of nitrogens with zero attached hydrogens (tertiary/aromatic N) is 2. The molecular weight excluding hydrogens is 809 g/mol. The maximum absolute atomic E-state index is 9.22. The molecule has 1 atom stereocenters. The van der Waals surface area contributed by atoms with E-state index < -0.39 is 14.0 Å². The predicted molar refractivity (Wildman–Crippen MR) is 210 cm³/mol. The molecule has 1 aliphatic rings. The Morgan fingerprint density at radius 3 is 2.29 bits per heavy atom. The molecule has 0 bridgehead atoms. The second-order valence-corrected chi connectivity index (χ2v) is 20.3. The van der Waals surface area contributed by atoms with Crippen LogP contribution in [0.3, 0.4) is 0 Å². The quantitative estimate of drug-likeness (QED) is 0.127. The molecule has 8 rings (SSSR count). The third-order valence-corrected chi connectivity index (χ3v) is 13.2. The van der Waals surface area contributed by atoms with Gasteiger partial charge in [-0.15, -0.1) is 59.7 Å². The number of pyridine rings is 2. The van der Waals surface area contributed by atoms with E-state index in [1.165, 1.54) is 61.0 Å². The van der Waals surface area contributed by atoms with Crippen molar-refractivity contribution in [1.29, 1.82) is 0 Å². The van der Waals surface area contributed by atoms with Crippen molar-refractivity contribution in [2.45, 2.75) is 71.5 Å². The summed E-state index contributed by atoms with van der Waals surface area (Å²) in [6, 6.07) is 38.4.